The Morgan fingerprint density at radius 1 is 1.23 bits per heavy atom. The lowest BCUT2D eigenvalue weighted by Gasteiger charge is -2.09. The molecule has 4 nitrogen and oxygen atoms in total. The van der Waals surface area contributed by atoms with Crippen LogP contribution in [0.4, 0.5) is 5.13 Å². The Labute approximate surface area is 165 Å². The second-order valence-electron chi connectivity index (χ2n) is 5.76. The second kappa shape index (κ2) is 8.96. The SMILES string of the molecule is CCCc1ccc(OCC(=O)Nc2nc(-c3ccccc3)cs2)c(Br)c1. The zero-order chi connectivity index (χ0) is 18.4. The predicted octanol–water partition coefficient (Wildman–Crippen LogP) is 5.54. The van der Waals surface area contributed by atoms with Gasteiger partial charge in [0.2, 0.25) is 0 Å². The van der Waals surface area contributed by atoms with Crippen LogP contribution in [0.25, 0.3) is 11.3 Å². The van der Waals surface area contributed by atoms with E-state index in [-0.39, 0.29) is 12.5 Å². The molecule has 0 saturated heterocycles. The number of hydrogen-bond donors (Lipinski definition) is 1. The molecule has 26 heavy (non-hydrogen) atoms. The van der Waals surface area contributed by atoms with Gasteiger partial charge >= 0.3 is 0 Å². The lowest BCUT2D eigenvalue weighted by Crippen LogP contribution is -2.20. The van der Waals surface area contributed by atoms with Gasteiger partial charge in [-0.3, -0.25) is 10.1 Å². The quantitative estimate of drug-likeness (QED) is 0.534. The van der Waals surface area contributed by atoms with Gasteiger partial charge in [-0.25, -0.2) is 4.98 Å². The van der Waals surface area contributed by atoms with Crippen LogP contribution in [0, 0.1) is 0 Å². The number of hydrogen-bond acceptors (Lipinski definition) is 4. The van der Waals surface area contributed by atoms with E-state index >= 15 is 0 Å². The zero-order valence-corrected chi connectivity index (χ0v) is 16.8. The highest BCUT2D eigenvalue weighted by Gasteiger charge is 2.10. The number of thiazole rings is 1. The van der Waals surface area contributed by atoms with E-state index in [1.807, 2.05) is 53.9 Å². The van der Waals surface area contributed by atoms with Gasteiger partial charge in [-0.15, -0.1) is 11.3 Å². The van der Waals surface area contributed by atoms with Crippen LogP contribution in [-0.4, -0.2) is 17.5 Å². The fraction of sp³-hybridized carbons (Fsp3) is 0.200. The van der Waals surface area contributed by atoms with Crippen molar-refractivity contribution >= 4 is 38.3 Å². The highest BCUT2D eigenvalue weighted by atomic mass is 79.9. The van der Waals surface area contributed by atoms with Gasteiger partial charge in [0.05, 0.1) is 10.2 Å². The Bertz CT molecular complexity index is 881. The number of carbonyl (C=O) groups excluding carboxylic acids is 1. The average molecular weight is 431 g/mol. The van der Waals surface area contributed by atoms with Crippen molar-refractivity contribution in [3.63, 3.8) is 0 Å². The predicted molar refractivity (Wildman–Crippen MR) is 110 cm³/mol. The third-order valence-corrected chi connectivity index (χ3v) is 5.09. The van der Waals surface area contributed by atoms with Crippen LogP contribution < -0.4 is 10.1 Å². The summed E-state index contributed by atoms with van der Waals surface area (Å²) < 4.78 is 6.47. The van der Waals surface area contributed by atoms with Crippen molar-refractivity contribution in [3.05, 3.63) is 63.9 Å². The minimum atomic E-state index is -0.233. The number of amides is 1. The van der Waals surface area contributed by atoms with Crippen LogP contribution in [-0.2, 0) is 11.2 Å². The van der Waals surface area contributed by atoms with Gasteiger partial charge in [0.25, 0.3) is 5.91 Å². The third-order valence-electron chi connectivity index (χ3n) is 3.71. The number of benzene rings is 2. The topological polar surface area (TPSA) is 51.2 Å². The van der Waals surface area contributed by atoms with Crippen molar-refractivity contribution < 1.29 is 9.53 Å². The normalized spacial score (nSPS) is 10.5. The van der Waals surface area contributed by atoms with Crippen molar-refractivity contribution in [2.45, 2.75) is 19.8 Å². The van der Waals surface area contributed by atoms with E-state index in [1.165, 1.54) is 16.9 Å². The molecule has 0 fully saturated rings. The maximum absolute atomic E-state index is 12.1. The Balaban J connectivity index is 1.56. The van der Waals surface area contributed by atoms with Crippen molar-refractivity contribution in [3.8, 4) is 17.0 Å². The summed E-state index contributed by atoms with van der Waals surface area (Å²) in [5.74, 6) is 0.424. The molecule has 3 rings (SSSR count). The van der Waals surface area contributed by atoms with E-state index in [0.717, 1.165) is 28.6 Å². The van der Waals surface area contributed by atoms with Gasteiger partial charge < -0.3 is 4.74 Å². The number of rotatable bonds is 7. The summed E-state index contributed by atoms with van der Waals surface area (Å²) in [6.07, 6.45) is 2.11. The maximum Gasteiger partial charge on any atom is 0.264 e. The molecule has 1 amide bonds. The summed E-state index contributed by atoms with van der Waals surface area (Å²) >= 11 is 4.89. The van der Waals surface area contributed by atoms with Gasteiger partial charge in [0.1, 0.15) is 5.75 Å². The molecule has 0 aliphatic carbocycles. The molecule has 1 aromatic heterocycles. The molecule has 0 spiro atoms. The van der Waals surface area contributed by atoms with Crippen molar-refractivity contribution in [1.29, 1.82) is 0 Å². The molecule has 1 heterocycles. The number of halogens is 1. The molecule has 0 aliphatic rings. The summed E-state index contributed by atoms with van der Waals surface area (Å²) in [6.45, 7) is 2.08. The lowest BCUT2D eigenvalue weighted by atomic mass is 10.1. The van der Waals surface area contributed by atoms with Gasteiger partial charge in [-0.2, -0.15) is 0 Å². The first-order valence-corrected chi connectivity index (χ1v) is 10.0. The first-order valence-electron chi connectivity index (χ1n) is 8.37. The molecule has 134 valence electrons. The molecular weight excluding hydrogens is 412 g/mol. The van der Waals surface area contributed by atoms with Gasteiger partial charge in [-0.1, -0.05) is 49.7 Å². The fourth-order valence-corrected chi connectivity index (χ4v) is 3.75. The van der Waals surface area contributed by atoms with E-state index in [4.69, 9.17) is 4.74 Å². The Kier molecular flexibility index (Phi) is 6.41. The van der Waals surface area contributed by atoms with E-state index in [1.54, 1.807) is 0 Å². The highest BCUT2D eigenvalue weighted by Crippen LogP contribution is 2.27. The lowest BCUT2D eigenvalue weighted by molar-refractivity contribution is -0.118. The molecule has 0 saturated carbocycles. The van der Waals surface area contributed by atoms with E-state index in [2.05, 4.69) is 33.2 Å². The van der Waals surface area contributed by atoms with E-state index < -0.39 is 0 Å². The Hall–Kier alpha value is -2.18. The first kappa shape index (κ1) is 18.6. The van der Waals surface area contributed by atoms with Crippen molar-refractivity contribution in [2.24, 2.45) is 0 Å². The molecule has 0 atom stereocenters. The summed E-state index contributed by atoms with van der Waals surface area (Å²) in [6, 6.07) is 15.8. The van der Waals surface area contributed by atoms with Crippen molar-refractivity contribution in [1.82, 2.24) is 4.98 Å². The van der Waals surface area contributed by atoms with Gasteiger partial charge in [0.15, 0.2) is 11.7 Å². The summed E-state index contributed by atoms with van der Waals surface area (Å²) in [5.41, 5.74) is 3.12. The van der Waals surface area contributed by atoms with E-state index in [0.29, 0.717) is 10.9 Å². The monoisotopic (exact) mass is 430 g/mol. The molecule has 0 unspecified atom stereocenters. The van der Waals surface area contributed by atoms with E-state index in [9.17, 15) is 4.79 Å². The standard InChI is InChI=1S/C20H19BrN2O2S/c1-2-6-14-9-10-18(16(21)11-14)25-12-19(24)23-20-22-17(13-26-20)15-7-4-3-5-8-15/h3-5,7-11,13H,2,6,12H2,1H3,(H,22,23,24). The molecule has 0 bridgehead atoms. The number of nitrogens with zero attached hydrogens (tertiary/aromatic N) is 1. The Morgan fingerprint density at radius 3 is 2.77 bits per heavy atom. The zero-order valence-electron chi connectivity index (χ0n) is 14.4. The molecule has 1 N–H and O–H groups in total. The summed E-state index contributed by atoms with van der Waals surface area (Å²) in [5, 5.41) is 5.27. The molecule has 0 aliphatic heterocycles. The highest BCUT2D eigenvalue weighted by molar-refractivity contribution is 9.10. The molecular formula is C20H19BrN2O2S. The summed E-state index contributed by atoms with van der Waals surface area (Å²) in [4.78, 5) is 16.6. The third kappa shape index (κ3) is 4.93. The number of ether oxygens (including phenoxy) is 1. The molecule has 3 aromatic rings. The number of nitrogens with one attached hydrogen (secondary N) is 1. The first-order chi connectivity index (χ1) is 12.7. The average Bonchev–Trinajstić information content (AvgIpc) is 3.10. The Morgan fingerprint density at radius 2 is 2.04 bits per heavy atom. The van der Waals surface area contributed by atoms with Crippen LogP contribution in [0.2, 0.25) is 0 Å². The van der Waals surface area contributed by atoms with Crippen LogP contribution in [0.15, 0.2) is 58.4 Å². The number of aryl methyl sites for hydroxylation is 1. The van der Waals surface area contributed by atoms with Crippen LogP contribution >= 0.6 is 27.3 Å². The van der Waals surface area contributed by atoms with Gasteiger partial charge in [-0.05, 0) is 40.0 Å². The molecule has 0 radical (unpaired) electrons. The largest absolute Gasteiger partial charge is 0.483 e. The minimum Gasteiger partial charge on any atom is -0.483 e. The minimum absolute atomic E-state index is 0.0635. The maximum atomic E-state index is 12.1. The molecule has 2 aromatic carbocycles. The van der Waals surface area contributed by atoms with Gasteiger partial charge in [0, 0.05) is 10.9 Å². The van der Waals surface area contributed by atoms with Crippen molar-refractivity contribution in [2.75, 3.05) is 11.9 Å². The van der Waals surface area contributed by atoms with Crippen LogP contribution in [0.3, 0.4) is 0 Å². The number of anilines is 1. The number of carbonyl (C=O) groups is 1. The smallest absolute Gasteiger partial charge is 0.264 e. The molecule has 6 heteroatoms. The van der Waals surface area contributed by atoms with Crippen LogP contribution in [0.5, 0.6) is 5.75 Å². The number of aromatic nitrogens is 1. The second-order valence-corrected chi connectivity index (χ2v) is 7.47. The van der Waals surface area contributed by atoms with Crippen LogP contribution in [0.1, 0.15) is 18.9 Å². The summed E-state index contributed by atoms with van der Waals surface area (Å²) in [7, 11) is 0. The fourth-order valence-electron chi connectivity index (χ4n) is 2.48.